The zero-order valence-corrected chi connectivity index (χ0v) is 10.8. The van der Waals surface area contributed by atoms with Crippen molar-refractivity contribution in [3.8, 4) is 11.3 Å². The number of nitrogens with zero attached hydrogens (tertiary/aromatic N) is 1. The summed E-state index contributed by atoms with van der Waals surface area (Å²) in [6.45, 7) is 8.35. The number of oxazole rings is 1. The Hall–Kier alpha value is -1.77. The summed E-state index contributed by atoms with van der Waals surface area (Å²) in [7, 11) is 0. The SMILES string of the molecule is CCc1oc(N)nc1-c1cc(C)c(C)cc1C. The molecule has 2 rings (SSSR count). The first-order chi connectivity index (χ1) is 8.02. The van der Waals surface area contributed by atoms with Gasteiger partial charge in [0.1, 0.15) is 11.5 Å². The van der Waals surface area contributed by atoms with E-state index in [1.807, 2.05) is 6.92 Å². The van der Waals surface area contributed by atoms with E-state index in [2.05, 4.69) is 37.9 Å². The molecule has 0 saturated heterocycles. The van der Waals surface area contributed by atoms with E-state index in [1.54, 1.807) is 0 Å². The second-order valence-corrected chi connectivity index (χ2v) is 4.43. The summed E-state index contributed by atoms with van der Waals surface area (Å²) < 4.78 is 5.41. The summed E-state index contributed by atoms with van der Waals surface area (Å²) in [6.07, 6.45) is 0.798. The molecule has 0 fully saturated rings. The van der Waals surface area contributed by atoms with E-state index in [0.717, 1.165) is 23.4 Å². The van der Waals surface area contributed by atoms with E-state index in [0.29, 0.717) is 0 Å². The van der Waals surface area contributed by atoms with Crippen molar-refractivity contribution in [1.82, 2.24) is 4.98 Å². The number of hydrogen-bond acceptors (Lipinski definition) is 3. The van der Waals surface area contributed by atoms with Gasteiger partial charge in [-0.1, -0.05) is 13.0 Å². The van der Waals surface area contributed by atoms with E-state index < -0.39 is 0 Å². The van der Waals surface area contributed by atoms with Crippen LogP contribution in [0.3, 0.4) is 0 Å². The maximum atomic E-state index is 5.63. The number of aryl methyl sites for hydroxylation is 4. The average molecular weight is 230 g/mol. The molecule has 0 spiro atoms. The lowest BCUT2D eigenvalue weighted by atomic mass is 9.98. The zero-order valence-electron chi connectivity index (χ0n) is 10.8. The Kier molecular flexibility index (Phi) is 2.92. The molecule has 0 radical (unpaired) electrons. The minimum atomic E-state index is 0.245. The fraction of sp³-hybridized carbons (Fsp3) is 0.357. The summed E-state index contributed by atoms with van der Waals surface area (Å²) in [5, 5.41) is 0. The maximum absolute atomic E-state index is 5.63. The van der Waals surface area contributed by atoms with Crippen LogP contribution in [0.25, 0.3) is 11.3 Å². The summed E-state index contributed by atoms with van der Waals surface area (Å²) in [5.74, 6) is 0.855. The molecule has 0 amide bonds. The van der Waals surface area contributed by atoms with Gasteiger partial charge in [0, 0.05) is 12.0 Å². The fourth-order valence-corrected chi connectivity index (χ4v) is 2.04. The first-order valence-corrected chi connectivity index (χ1v) is 5.86. The second kappa shape index (κ2) is 4.24. The Morgan fingerprint density at radius 2 is 1.76 bits per heavy atom. The van der Waals surface area contributed by atoms with Crippen molar-refractivity contribution in [1.29, 1.82) is 0 Å². The van der Waals surface area contributed by atoms with Gasteiger partial charge in [-0.15, -0.1) is 0 Å². The lowest BCUT2D eigenvalue weighted by molar-refractivity contribution is 0.530. The molecule has 0 aliphatic rings. The minimum absolute atomic E-state index is 0.245. The number of nitrogens with two attached hydrogens (primary N) is 1. The largest absolute Gasteiger partial charge is 0.428 e. The smallest absolute Gasteiger partial charge is 0.292 e. The molecule has 2 aromatic rings. The molecular weight excluding hydrogens is 212 g/mol. The molecular formula is C14H18N2O. The highest BCUT2D eigenvalue weighted by molar-refractivity contribution is 5.68. The molecule has 0 unspecified atom stereocenters. The normalized spacial score (nSPS) is 10.8. The predicted octanol–water partition coefficient (Wildman–Crippen LogP) is 3.41. The highest BCUT2D eigenvalue weighted by Gasteiger charge is 2.14. The fourth-order valence-electron chi connectivity index (χ4n) is 2.04. The molecule has 3 nitrogen and oxygen atoms in total. The molecule has 2 N–H and O–H groups in total. The molecule has 1 aromatic carbocycles. The van der Waals surface area contributed by atoms with E-state index >= 15 is 0 Å². The lowest BCUT2D eigenvalue weighted by Crippen LogP contribution is -1.92. The van der Waals surface area contributed by atoms with E-state index in [4.69, 9.17) is 10.2 Å². The molecule has 0 bridgehead atoms. The van der Waals surface area contributed by atoms with E-state index in [9.17, 15) is 0 Å². The Labute approximate surface area is 102 Å². The van der Waals surface area contributed by atoms with Gasteiger partial charge in [0.25, 0.3) is 6.01 Å². The van der Waals surface area contributed by atoms with Gasteiger partial charge in [0.05, 0.1) is 0 Å². The Morgan fingerprint density at radius 1 is 1.12 bits per heavy atom. The quantitative estimate of drug-likeness (QED) is 0.860. The third kappa shape index (κ3) is 2.05. The zero-order chi connectivity index (χ0) is 12.6. The Bertz CT molecular complexity index is 556. The molecule has 17 heavy (non-hydrogen) atoms. The molecule has 1 aromatic heterocycles. The van der Waals surface area contributed by atoms with E-state index in [-0.39, 0.29) is 6.01 Å². The van der Waals surface area contributed by atoms with Crippen LogP contribution >= 0.6 is 0 Å². The number of rotatable bonds is 2. The van der Waals surface area contributed by atoms with E-state index in [1.165, 1.54) is 16.7 Å². The van der Waals surface area contributed by atoms with Gasteiger partial charge in [0.2, 0.25) is 0 Å². The van der Waals surface area contributed by atoms with Gasteiger partial charge in [-0.3, -0.25) is 0 Å². The van der Waals surface area contributed by atoms with Crippen LogP contribution in [0.4, 0.5) is 6.01 Å². The van der Waals surface area contributed by atoms with Crippen LogP contribution in [0, 0.1) is 20.8 Å². The molecule has 1 heterocycles. The molecule has 3 heteroatoms. The van der Waals surface area contributed by atoms with Crippen LogP contribution in [-0.2, 0) is 6.42 Å². The monoisotopic (exact) mass is 230 g/mol. The summed E-state index contributed by atoms with van der Waals surface area (Å²) in [5.41, 5.74) is 11.4. The highest BCUT2D eigenvalue weighted by atomic mass is 16.4. The minimum Gasteiger partial charge on any atom is -0.428 e. The third-order valence-corrected chi connectivity index (χ3v) is 3.13. The van der Waals surface area contributed by atoms with Crippen LogP contribution in [-0.4, -0.2) is 4.98 Å². The van der Waals surface area contributed by atoms with Crippen molar-refractivity contribution in [2.75, 3.05) is 5.73 Å². The van der Waals surface area contributed by atoms with Gasteiger partial charge in [-0.25, -0.2) is 0 Å². The summed E-state index contributed by atoms with van der Waals surface area (Å²) >= 11 is 0. The standard InChI is InChI=1S/C14H18N2O/c1-5-12-13(16-14(15)17-12)11-7-9(3)8(2)6-10(11)4/h6-7H,5H2,1-4H3,(H2,15,16). The Balaban J connectivity index is 2.63. The number of hydrogen-bond donors (Lipinski definition) is 1. The summed E-state index contributed by atoms with van der Waals surface area (Å²) in [6, 6.07) is 4.57. The topological polar surface area (TPSA) is 52.0 Å². The van der Waals surface area contributed by atoms with Gasteiger partial charge in [0.15, 0.2) is 0 Å². The highest BCUT2D eigenvalue weighted by Crippen LogP contribution is 2.30. The number of nitrogen functional groups attached to an aromatic ring is 1. The van der Waals surface area contributed by atoms with Crippen LogP contribution in [0.5, 0.6) is 0 Å². The van der Waals surface area contributed by atoms with Crippen LogP contribution in [0.2, 0.25) is 0 Å². The van der Waals surface area contributed by atoms with Gasteiger partial charge in [-0.05, 0) is 43.5 Å². The molecule has 0 aliphatic carbocycles. The first-order valence-electron chi connectivity index (χ1n) is 5.86. The lowest BCUT2D eigenvalue weighted by Gasteiger charge is -2.08. The molecule has 0 atom stereocenters. The van der Waals surface area contributed by atoms with Gasteiger partial charge in [-0.2, -0.15) is 4.98 Å². The number of benzene rings is 1. The second-order valence-electron chi connectivity index (χ2n) is 4.43. The van der Waals surface area contributed by atoms with Crippen molar-refractivity contribution in [2.24, 2.45) is 0 Å². The summed E-state index contributed by atoms with van der Waals surface area (Å²) in [4.78, 5) is 4.29. The van der Waals surface area contributed by atoms with Crippen molar-refractivity contribution in [3.63, 3.8) is 0 Å². The van der Waals surface area contributed by atoms with Crippen molar-refractivity contribution in [3.05, 3.63) is 34.6 Å². The van der Waals surface area contributed by atoms with Crippen LogP contribution < -0.4 is 5.73 Å². The maximum Gasteiger partial charge on any atom is 0.292 e. The van der Waals surface area contributed by atoms with Crippen molar-refractivity contribution < 1.29 is 4.42 Å². The first kappa shape index (κ1) is 11.7. The average Bonchev–Trinajstić information content (AvgIpc) is 2.64. The molecule has 0 aliphatic heterocycles. The third-order valence-electron chi connectivity index (χ3n) is 3.13. The van der Waals surface area contributed by atoms with Crippen molar-refractivity contribution in [2.45, 2.75) is 34.1 Å². The van der Waals surface area contributed by atoms with Crippen LogP contribution in [0.1, 0.15) is 29.4 Å². The predicted molar refractivity (Wildman–Crippen MR) is 69.9 cm³/mol. The molecule has 90 valence electrons. The van der Waals surface area contributed by atoms with Gasteiger partial charge >= 0.3 is 0 Å². The van der Waals surface area contributed by atoms with Crippen molar-refractivity contribution >= 4 is 6.01 Å². The Morgan fingerprint density at radius 3 is 2.41 bits per heavy atom. The van der Waals surface area contributed by atoms with Crippen LogP contribution in [0.15, 0.2) is 16.5 Å². The molecule has 0 saturated carbocycles. The number of anilines is 1. The number of aromatic nitrogens is 1. The van der Waals surface area contributed by atoms with Gasteiger partial charge < -0.3 is 10.2 Å².